The maximum Gasteiger partial charge on any atom is 0.152 e. The summed E-state index contributed by atoms with van der Waals surface area (Å²) in [6, 6.07) is 2.06. The van der Waals surface area contributed by atoms with Crippen molar-refractivity contribution >= 4 is 22.7 Å². The zero-order valence-corrected chi connectivity index (χ0v) is 6.71. The van der Waals surface area contributed by atoms with E-state index in [9.17, 15) is 0 Å². The highest BCUT2D eigenvalue weighted by Gasteiger charge is 1.97. The largest absolute Gasteiger partial charge is 0.233 e. The molecule has 0 aliphatic heterocycles. The topological polar surface area (TPSA) is 12.9 Å². The monoisotopic (exact) mass is 166 g/mol. The van der Waals surface area contributed by atoms with Gasteiger partial charge in [-0.15, -0.1) is 11.3 Å². The van der Waals surface area contributed by atoms with Crippen LogP contribution < -0.4 is 0 Å². The molecule has 1 radical (unpaired) electrons. The third-order valence-electron chi connectivity index (χ3n) is 1.21. The molecular formula is C7H4NS2. The molecule has 0 saturated heterocycles. The summed E-state index contributed by atoms with van der Waals surface area (Å²) in [7, 11) is 0. The molecule has 0 fully saturated rings. The molecule has 2 aromatic rings. The van der Waals surface area contributed by atoms with Crippen molar-refractivity contribution in [3.05, 3.63) is 27.7 Å². The average molecular weight is 166 g/mol. The summed E-state index contributed by atoms with van der Waals surface area (Å²) < 4.78 is 0. The van der Waals surface area contributed by atoms with Crippen LogP contribution in [-0.2, 0) is 0 Å². The molecule has 0 aromatic carbocycles. The van der Waals surface area contributed by atoms with Gasteiger partial charge in [0.2, 0.25) is 0 Å². The molecule has 2 heterocycles. The first-order valence-corrected chi connectivity index (χ1v) is 4.63. The first kappa shape index (κ1) is 6.07. The van der Waals surface area contributed by atoms with Crippen LogP contribution in [0.15, 0.2) is 22.2 Å². The van der Waals surface area contributed by atoms with Crippen molar-refractivity contribution in [3.63, 3.8) is 0 Å². The predicted octanol–water partition coefficient (Wildman–Crippen LogP) is 2.67. The van der Waals surface area contributed by atoms with E-state index in [1.54, 1.807) is 11.3 Å². The quantitative estimate of drug-likeness (QED) is 0.634. The lowest BCUT2D eigenvalue weighted by Gasteiger charge is -1.83. The molecule has 0 bridgehead atoms. The molecule has 0 amide bonds. The summed E-state index contributed by atoms with van der Waals surface area (Å²) in [5, 5.41) is 6.14. The van der Waals surface area contributed by atoms with Crippen LogP contribution in [-0.4, -0.2) is 4.98 Å². The van der Waals surface area contributed by atoms with E-state index in [2.05, 4.69) is 27.3 Å². The highest BCUT2D eigenvalue weighted by molar-refractivity contribution is 7.08. The summed E-state index contributed by atoms with van der Waals surface area (Å²) >= 11 is 3.19. The molecule has 2 aromatic heterocycles. The standard InChI is InChI=1S/C7H4NS2/c1-2-9-3-6(1)7-4-10-5-8-7/h1-4H. The Bertz CT molecular complexity index is 251. The second-order valence-corrected chi connectivity index (χ2v) is 3.27. The van der Waals surface area contributed by atoms with E-state index in [1.807, 2.05) is 5.38 Å². The van der Waals surface area contributed by atoms with Gasteiger partial charge in [-0.2, -0.15) is 11.3 Å². The third kappa shape index (κ3) is 0.978. The molecule has 0 unspecified atom stereocenters. The lowest BCUT2D eigenvalue weighted by Crippen LogP contribution is -1.68. The minimum Gasteiger partial charge on any atom is -0.233 e. The first-order chi connectivity index (χ1) is 4.97. The smallest absolute Gasteiger partial charge is 0.152 e. The molecule has 0 N–H and O–H groups in total. The second-order valence-electron chi connectivity index (χ2n) is 1.84. The number of hydrogen-bond donors (Lipinski definition) is 0. The number of thiazole rings is 1. The van der Waals surface area contributed by atoms with Crippen molar-refractivity contribution in [1.82, 2.24) is 4.98 Å². The number of rotatable bonds is 1. The van der Waals surface area contributed by atoms with Crippen LogP contribution in [0.25, 0.3) is 11.3 Å². The van der Waals surface area contributed by atoms with Gasteiger partial charge in [0.05, 0.1) is 5.69 Å². The van der Waals surface area contributed by atoms with Gasteiger partial charge < -0.3 is 0 Å². The van der Waals surface area contributed by atoms with Crippen molar-refractivity contribution in [3.8, 4) is 11.3 Å². The van der Waals surface area contributed by atoms with Crippen LogP contribution in [0.3, 0.4) is 0 Å². The fourth-order valence-electron chi connectivity index (χ4n) is 0.727. The molecule has 0 aliphatic rings. The Morgan fingerprint density at radius 3 is 3.00 bits per heavy atom. The summed E-state index contributed by atoms with van der Waals surface area (Å²) in [6.45, 7) is 0. The molecule has 1 nitrogen and oxygen atoms in total. The average Bonchev–Trinajstić information content (AvgIpc) is 2.59. The zero-order valence-electron chi connectivity index (χ0n) is 5.07. The van der Waals surface area contributed by atoms with E-state index in [-0.39, 0.29) is 0 Å². The van der Waals surface area contributed by atoms with E-state index in [0.717, 1.165) is 5.69 Å². The Balaban J connectivity index is 2.48. The number of hydrogen-bond acceptors (Lipinski definition) is 3. The fraction of sp³-hybridized carbons (Fsp3) is 0. The Morgan fingerprint density at radius 2 is 2.40 bits per heavy atom. The van der Waals surface area contributed by atoms with Crippen LogP contribution >= 0.6 is 22.7 Å². The van der Waals surface area contributed by atoms with Gasteiger partial charge in [-0.1, -0.05) is 0 Å². The molecule has 0 aliphatic carbocycles. The summed E-state index contributed by atoms with van der Waals surface area (Å²) in [5.74, 6) is 0. The lowest BCUT2D eigenvalue weighted by atomic mass is 10.3. The predicted molar refractivity (Wildman–Crippen MR) is 44.3 cm³/mol. The SMILES string of the molecule is [c]1nc(-c2ccsc2)cs1. The minimum absolute atomic E-state index is 1.03. The molecule has 0 atom stereocenters. The van der Waals surface area contributed by atoms with Gasteiger partial charge >= 0.3 is 0 Å². The molecule has 3 heteroatoms. The van der Waals surface area contributed by atoms with Gasteiger partial charge in [-0.05, 0) is 11.4 Å². The summed E-state index contributed by atoms with van der Waals surface area (Å²) in [6.07, 6.45) is 0. The van der Waals surface area contributed by atoms with Crippen molar-refractivity contribution in [1.29, 1.82) is 0 Å². The molecule has 2 rings (SSSR count). The normalized spacial score (nSPS) is 10.0. The second kappa shape index (κ2) is 2.52. The molecular weight excluding hydrogens is 162 g/mol. The molecule has 10 heavy (non-hydrogen) atoms. The van der Waals surface area contributed by atoms with Gasteiger partial charge in [-0.3, -0.25) is 0 Å². The summed E-state index contributed by atoms with van der Waals surface area (Å²) in [4.78, 5) is 4.06. The van der Waals surface area contributed by atoms with Gasteiger partial charge in [-0.25, -0.2) is 4.98 Å². The Morgan fingerprint density at radius 1 is 1.40 bits per heavy atom. The highest BCUT2D eigenvalue weighted by atomic mass is 32.1. The van der Waals surface area contributed by atoms with Crippen LogP contribution in [0, 0.1) is 5.51 Å². The maximum atomic E-state index is 4.06. The van der Waals surface area contributed by atoms with Crippen LogP contribution in [0.2, 0.25) is 0 Å². The molecule has 0 spiro atoms. The van der Waals surface area contributed by atoms with Gasteiger partial charge in [0.15, 0.2) is 5.51 Å². The molecule has 49 valence electrons. The van der Waals surface area contributed by atoms with Crippen molar-refractivity contribution in [2.75, 3.05) is 0 Å². The number of aromatic nitrogens is 1. The van der Waals surface area contributed by atoms with Gasteiger partial charge in [0.25, 0.3) is 0 Å². The van der Waals surface area contributed by atoms with E-state index in [0.29, 0.717) is 0 Å². The third-order valence-corrected chi connectivity index (χ3v) is 2.43. The van der Waals surface area contributed by atoms with E-state index in [4.69, 9.17) is 0 Å². The minimum atomic E-state index is 1.03. The fourth-order valence-corrected chi connectivity index (χ4v) is 1.88. The van der Waals surface area contributed by atoms with Gasteiger partial charge in [0, 0.05) is 16.3 Å². The Kier molecular flexibility index (Phi) is 1.53. The number of nitrogens with zero attached hydrogens (tertiary/aromatic N) is 1. The van der Waals surface area contributed by atoms with E-state index in [1.165, 1.54) is 16.9 Å². The molecule has 0 saturated carbocycles. The zero-order chi connectivity index (χ0) is 6.81. The van der Waals surface area contributed by atoms with Crippen molar-refractivity contribution < 1.29 is 0 Å². The van der Waals surface area contributed by atoms with Crippen LogP contribution in [0.1, 0.15) is 0 Å². The lowest BCUT2D eigenvalue weighted by molar-refractivity contribution is 1.41. The summed E-state index contributed by atoms with van der Waals surface area (Å²) in [5.41, 5.74) is 5.04. The Labute approximate surface area is 67.0 Å². The Hall–Kier alpha value is -0.670. The number of thiophene rings is 1. The highest BCUT2D eigenvalue weighted by Crippen LogP contribution is 2.20. The van der Waals surface area contributed by atoms with Crippen molar-refractivity contribution in [2.45, 2.75) is 0 Å². The maximum absolute atomic E-state index is 4.06. The van der Waals surface area contributed by atoms with Crippen LogP contribution in [0.5, 0.6) is 0 Å². The van der Waals surface area contributed by atoms with Crippen LogP contribution in [0.4, 0.5) is 0 Å². The van der Waals surface area contributed by atoms with E-state index >= 15 is 0 Å². The van der Waals surface area contributed by atoms with Gasteiger partial charge in [0.1, 0.15) is 0 Å². The van der Waals surface area contributed by atoms with Crippen molar-refractivity contribution in [2.24, 2.45) is 0 Å². The first-order valence-electron chi connectivity index (χ1n) is 2.81. The van der Waals surface area contributed by atoms with E-state index < -0.39 is 0 Å².